The summed E-state index contributed by atoms with van der Waals surface area (Å²) in [5, 5.41) is 0. The fraction of sp³-hybridized carbons (Fsp3) is 0.714. The van der Waals surface area contributed by atoms with E-state index in [-0.39, 0.29) is 6.61 Å². The lowest BCUT2D eigenvalue weighted by Gasteiger charge is -2.03. The lowest BCUT2D eigenvalue weighted by atomic mass is 10.1. The minimum Gasteiger partial charge on any atom is -0.463 e. The number of hydrogen-bond acceptors (Lipinski definition) is 4. The fourth-order valence-electron chi connectivity index (χ4n) is 2.37. The maximum Gasteiger partial charge on any atom is 0.331 e. The van der Waals surface area contributed by atoms with Gasteiger partial charge in [0.15, 0.2) is 0 Å². The van der Waals surface area contributed by atoms with Crippen molar-refractivity contribution in [1.82, 2.24) is 0 Å². The number of rotatable bonds is 16. The summed E-state index contributed by atoms with van der Waals surface area (Å²) in [6.45, 7) is 8.20. The Morgan fingerprint density at radius 3 is 1.68 bits per heavy atom. The molecule has 0 saturated carbocycles. The van der Waals surface area contributed by atoms with E-state index in [0.29, 0.717) is 6.61 Å². The van der Waals surface area contributed by atoms with Gasteiger partial charge in [-0.1, -0.05) is 77.7 Å². The Morgan fingerprint density at radius 1 is 0.760 bits per heavy atom. The molecular formula is C21H36O4. The zero-order chi connectivity index (χ0) is 18.8. The third-order valence-electron chi connectivity index (χ3n) is 3.81. The fourth-order valence-corrected chi connectivity index (χ4v) is 2.37. The SMILES string of the molecule is C=C(C)COC(=O)/C=C\C(=O)OCCCCCCCCCCCCC. The van der Waals surface area contributed by atoms with Crippen molar-refractivity contribution in [1.29, 1.82) is 0 Å². The molecule has 0 fully saturated rings. The van der Waals surface area contributed by atoms with Gasteiger partial charge in [0.1, 0.15) is 6.61 Å². The predicted octanol–water partition coefficient (Wildman–Crippen LogP) is 5.52. The maximum atomic E-state index is 11.4. The van der Waals surface area contributed by atoms with Gasteiger partial charge in [-0.25, -0.2) is 9.59 Å². The molecule has 0 rings (SSSR count). The van der Waals surface area contributed by atoms with Gasteiger partial charge in [0.05, 0.1) is 6.61 Å². The van der Waals surface area contributed by atoms with E-state index in [0.717, 1.165) is 30.6 Å². The first-order chi connectivity index (χ1) is 12.1. The molecule has 4 nitrogen and oxygen atoms in total. The van der Waals surface area contributed by atoms with Gasteiger partial charge in [0, 0.05) is 12.2 Å². The molecule has 0 aliphatic heterocycles. The summed E-state index contributed by atoms with van der Waals surface area (Å²) >= 11 is 0. The van der Waals surface area contributed by atoms with Crippen LogP contribution in [0.3, 0.4) is 0 Å². The third-order valence-corrected chi connectivity index (χ3v) is 3.81. The molecule has 0 atom stereocenters. The van der Waals surface area contributed by atoms with Crippen LogP contribution >= 0.6 is 0 Å². The molecule has 0 aromatic carbocycles. The molecule has 0 amide bonds. The summed E-state index contributed by atoms with van der Waals surface area (Å²) in [6, 6.07) is 0. The smallest absolute Gasteiger partial charge is 0.331 e. The Morgan fingerprint density at radius 2 is 1.20 bits per heavy atom. The van der Waals surface area contributed by atoms with Crippen molar-refractivity contribution in [3.63, 3.8) is 0 Å². The highest BCUT2D eigenvalue weighted by Gasteiger charge is 2.01. The standard InChI is InChI=1S/C21H36O4/c1-4-5-6-7-8-9-10-11-12-13-14-17-24-20(22)15-16-21(23)25-18-19(2)3/h15-16H,2,4-14,17-18H2,1,3H3/b16-15-. The van der Waals surface area contributed by atoms with E-state index >= 15 is 0 Å². The molecule has 0 radical (unpaired) electrons. The second-order valence-corrected chi connectivity index (χ2v) is 6.60. The zero-order valence-corrected chi connectivity index (χ0v) is 16.2. The van der Waals surface area contributed by atoms with E-state index < -0.39 is 11.9 Å². The van der Waals surface area contributed by atoms with Gasteiger partial charge in [0.2, 0.25) is 0 Å². The van der Waals surface area contributed by atoms with E-state index in [1.54, 1.807) is 6.92 Å². The van der Waals surface area contributed by atoms with Gasteiger partial charge in [-0.3, -0.25) is 0 Å². The van der Waals surface area contributed by atoms with Crippen LogP contribution in [0.4, 0.5) is 0 Å². The maximum absolute atomic E-state index is 11.4. The van der Waals surface area contributed by atoms with E-state index in [9.17, 15) is 9.59 Å². The summed E-state index contributed by atoms with van der Waals surface area (Å²) in [5.74, 6) is -1.06. The van der Waals surface area contributed by atoms with Crippen LogP contribution in [0.1, 0.15) is 84.5 Å². The normalized spacial score (nSPS) is 10.8. The van der Waals surface area contributed by atoms with Crippen molar-refractivity contribution in [2.45, 2.75) is 84.5 Å². The Kier molecular flexibility index (Phi) is 16.2. The molecule has 0 bridgehead atoms. The molecule has 0 aliphatic carbocycles. The Bertz CT molecular complexity index is 399. The Hall–Kier alpha value is -1.58. The highest BCUT2D eigenvalue weighted by Crippen LogP contribution is 2.11. The van der Waals surface area contributed by atoms with Gasteiger partial charge in [-0.15, -0.1) is 0 Å². The average Bonchev–Trinajstić information content (AvgIpc) is 2.59. The van der Waals surface area contributed by atoms with Gasteiger partial charge in [-0.2, -0.15) is 0 Å². The minimum absolute atomic E-state index is 0.164. The molecule has 0 aliphatic rings. The van der Waals surface area contributed by atoms with E-state index in [4.69, 9.17) is 9.47 Å². The summed E-state index contributed by atoms with van der Waals surface area (Å²) in [6.07, 6.45) is 16.0. The first kappa shape index (κ1) is 23.4. The van der Waals surface area contributed by atoms with Crippen molar-refractivity contribution < 1.29 is 19.1 Å². The number of carbonyl (C=O) groups is 2. The molecule has 0 saturated heterocycles. The lowest BCUT2D eigenvalue weighted by molar-refractivity contribution is -0.140. The Labute approximate surface area is 153 Å². The molecule has 0 aromatic heterocycles. The molecule has 144 valence electrons. The van der Waals surface area contributed by atoms with Crippen LogP contribution in [-0.2, 0) is 19.1 Å². The highest BCUT2D eigenvalue weighted by atomic mass is 16.5. The zero-order valence-electron chi connectivity index (χ0n) is 16.2. The second kappa shape index (κ2) is 17.2. The summed E-state index contributed by atoms with van der Waals surface area (Å²) in [5.41, 5.74) is 0.751. The first-order valence-electron chi connectivity index (χ1n) is 9.72. The number of ether oxygens (including phenoxy) is 2. The average molecular weight is 353 g/mol. The van der Waals surface area contributed by atoms with Crippen molar-refractivity contribution in [2.75, 3.05) is 13.2 Å². The quantitative estimate of drug-likeness (QED) is 0.159. The van der Waals surface area contributed by atoms with Crippen LogP contribution in [0.25, 0.3) is 0 Å². The molecule has 4 heteroatoms. The molecular weight excluding hydrogens is 316 g/mol. The van der Waals surface area contributed by atoms with Gasteiger partial charge in [0.25, 0.3) is 0 Å². The van der Waals surface area contributed by atoms with Gasteiger partial charge >= 0.3 is 11.9 Å². The van der Waals surface area contributed by atoms with Crippen LogP contribution in [-0.4, -0.2) is 25.2 Å². The molecule has 25 heavy (non-hydrogen) atoms. The van der Waals surface area contributed by atoms with E-state index in [1.165, 1.54) is 57.8 Å². The number of hydrogen-bond donors (Lipinski definition) is 0. The predicted molar refractivity (Wildman–Crippen MR) is 102 cm³/mol. The summed E-state index contributed by atoms with van der Waals surface area (Å²) in [4.78, 5) is 22.7. The van der Waals surface area contributed by atoms with E-state index in [1.807, 2.05) is 0 Å². The lowest BCUT2D eigenvalue weighted by Crippen LogP contribution is -2.06. The number of esters is 2. The van der Waals surface area contributed by atoms with Crippen LogP contribution in [0.15, 0.2) is 24.3 Å². The number of carbonyl (C=O) groups excluding carboxylic acids is 2. The molecule has 0 spiro atoms. The highest BCUT2D eigenvalue weighted by molar-refractivity contribution is 5.91. The van der Waals surface area contributed by atoms with Crippen molar-refractivity contribution in [2.24, 2.45) is 0 Å². The number of unbranched alkanes of at least 4 members (excludes halogenated alkanes) is 10. The monoisotopic (exact) mass is 352 g/mol. The molecule has 0 aromatic rings. The topological polar surface area (TPSA) is 52.6 Å². The van der Waals surface area contributed by atoms with Gasteiger partial charge < -0.3 is 9.47 Å². The van der Waals surface area contributed by atoms with Crippen molar-refractivity contribution in [3.8, 4) is 0 Å². The van der Waals surface area contributed by atoms with Crippen LogP contribution in [0, 0.1) is 0 Å². The molecule has 0 unspecified atom stereocenters. The Balaban J connectivity index is 3.40. The van der Waals surface area contributed by atoms with Crippen LogP contribution < -0.4 is 0 Å². The van der Waals surface area contributed by atoms with E-state index in [2.05, 4.69) is 13.5 Å². The van der Waals surface area contributed by atoms with Crippen molar-refractivity contribution >= 4 is 11.9 Å². The van der Waals surface area contributed by atoms with Gasteiger partial charge in [-0.05, 0) is 18.9 Å². The minimum atomic E-state index is -0.561. The van der Waals surface area contributed by atoms with Crippen molar-refractivity contribution in [3.05, 3.63) is 24.3 Å². The summed E-state index contributed by atoms with van der Waals surface area (Å²) in [7, 11) is 0. The third kappa shape index (κ3) is 18.6. The molecule has 0 N–H and O–H groups in total. The van der Waals surface area contributed by atoms with Crippen LogP contribution in [0.2, 0.25) is 0 Å². The largest absolute Gasteiger partial charge is 0.463 e. The first-order valence-corrected chi connectivity index (χ1v) is 9.72. The van der Waals surface area contributed by atoms with Crippen LogP contribution in [0.5, 0.6) is 0 Å². The molecule has 0 heterocycles. The summed E-state index contributed by atoms with van der Waals surface area (Å²) < 4.78 is 9.89. The second-order valence-electron chi connectivity index (χ2n) is 6.60.